The number of hydrogen-bond acceptors (Lipinski definition) is 1. The molecule has 0 aromatic rings. The lowest BCUT2D eigenvalue weighted by molar-refractivity contribution is -0.132. The Bertz CT molecular complexity index is 223. The minimum Gasteiger partial charge on any atom is -0.478 e. The number of aliphatic carboxylic acids is 1. The van der Waals surface area contributed by atoms with Gasteiger partial charge in [-0.05, 0) is 12.3 Å². The van der Waals surface area contributed by atoms with Crippen molar-refractivity contribution in [3.63, 3.8) is 0 Å². The zero-order valence-corrected chi connectivity index (χ0v) is 9.50. The summed E-state index contributed by atoms with van der Waals surface area (Å²) in [6.45, 7) is 14.2. The molecule has 14 heavy (non-hydrogen) atoms. The highest BCUT2D eigenvalue weighted by molar-refractivity contribution is 5.85. The maximum atomic E-state index is 10.3. The van der Waals surface area contributed by atoms with Crippen molar-refractivity contribution < 1.29 is 9.90 Å². The average Bonchev–Trinajstić information content (AvgIpc) is 2.02. The fourth-order valence-corrected chi connectivity index (χ4v) is 0.711. The van der Waals surface area contributed by atoms with Crippen molar-refractivity contribution in [3.8, 4) is 0 Å². The Kier molecular flexibility index (Phi) is 7.73. The summed E-state index contributed by atoms with van der Waals surface area (Å²) in [5.74, 6) is -0.838. The van der Waals surface area contributed by atoms with Crippen LogP contribution in [-0.2, 0) is 4.79 Å². The molecule has 0 spiro atoms. The highest BCUT2D eigenvalue weighted by Gasteiger charge is 2.09. The predicted octanol–water partition coefficient (Wildman–Crippen LogP) is 3.42. The fourth-order valence-electron chi connectivity index (χ4n) is 0.711. The van der Waals surface area contributed by atoms with E-state index in [4.69, 9.17) is 5.11 Å². The van der Waals surface area contributed by atoms with Gasteiger partial charge in [0, 0.05) is 5.57 Å². The van der Waals surface area contributed by atoms with Crippen molar-refractivity contribution in [1.29, 1.82) is 0 Å². The Hall–Kier alpha value is -1.31. The lowest BCUT2D eigenvalue weighted by Gasteiger charge is -2.11. The van der Waals surface area contributed by atoms with Crippen molar-refractivity contribution in [3.05, 3.63) is 37.0 Å². The van der Waals surface area contributed by atoms with Crippen LogP contribution in [0.4, 0.5) is 0 Å². The number of carbonyl (C=O) groups is 1. The quantitative estimate of drug-likeness (QED) is 0.542. The lowest BCUT2D eigenvalue weighted by Crippen LogP contribution is -2.05. The summed E-state index contributed by atoms with van der Waals surface area (Å²) in [5.41, 5.74) is 0.371. The Morgan fingerprint density at radius 1 is 1.21 bits per heavy atom. The summed E-state index contributed by atoms with van der Waals surface area (Å²) >= 11 is 0. The zero-order chi connectivity index (χ0) is 11.8. The first-order chi connectivity index (χ1) is 6.24. The Balaban J connectivity index is 0. The van der Waals surface area contributed by atoms with Crippen LogP contribution in [-0.4, -0.2) is 11.1 Å². The third kappa shape index (κ3) is 13.3. The van der Waals surface area contributed by atoms with Gasteiger partial charge in [0.1, 0.15) is 0 Å². The van der Waals surface area contributed by atoms with E-state index in [1.165, 1.54) is 0 Å². The molecular formula is C12H20O2. The van der Waals surface area contributed by atoms with Crippen molar-refractivity contribution in [2.45, 2.75) is 27.7 Å². The van der Waals surface area contributed by atoms with Crippen molar-refractivity contribution in [1.82, 2.24) is 0 Å². The molecule has 0 unspecified atom stereocenters. The Morgan fingerprint density at radius 2 is 1.57 bits per heavy atom. The summed E-state index contributed by atoms with van der Waals surface area (Å²) in [4.78, 5) is 10.3. The van der Waals surface area contributed by atoms with Gasteiger partial charge in [0.2, 0.25) is 0 Å². The Morgan fingerprint density at radius 3 is 1.64 bits per heavy atom. The fraction of sp³-hybridized carbons (Fsp3) is 0.417. The minimum absolute atomic E-state index is 0.0392. The molecule has 0 saturated carbocycles. The van der Waals surface area contributed by atoms with Crippen LogP contribution < -0.4 is 0 Å². The van der Waals surface area contributed by atoms with Gasteiger partial charge >= 0.3 is 5.97 Å². The second-order valence-electron chi connectivity index (χ2n) is 3.97. The smallest absolute Gasteiger partial charge is 0.330 e. The number of carboxylic acid groups (broad SMARTS) is 1. The predicted molar refractivity (Wildman–Crippen MR) is 61.2 cm³/mol. The average molecular weight is 196 g/mol. The molecule has 0 saturated heterocycles. The molecule has 0 rings (SSSR count). The maximum Gasteiger partial charge on any atom is 0.330 e. The monoisotopic (exact) mass is 196 g/mol. The third-order valence-corrected chi connectivity index (χ3v) is 1.15. The summed E-state index contributed by atoms with van der Waals surface area (Å²) in [5, 5.41) is 8.48. The molecule has 2 nitrogen and oxygen atoms in total. The van der Waals surface area contributed by atoms with Crippen LogP contribution >= 0.6 is 0 Å². The highest BCUT2D eigenvalue weighted by atomic mass is 16.4. The molecule has 0 aliphatic carbocycles. The van der Waals surface area contributed by atoms with Crippen LogP contribution in [0.15, 0.2) is 37.0 Å². The molecule has 0 aliphatic rings. The van der Waals surface area contributed by atoms with E-state index >= 15 is 0 Å². The van der Waals surface area contributed by atoms with E-state index in [-0.39, 0.29) is 5.41 Å². The van der Waals surface area contributed by atoms with Gasteiger partial charge in [0.25, 0.3) is 0 Å². The van der Waals surface area contributed by atoms with Crippen molar-refractivity contribution in [2.24, 2.45) is 5.41 Å². The summed E-state index contributed by atoms with van der Waals surface area (Å²) in [6, 6.07) is 0. The number of allylic oxidation sites excluding steroid dienone is 3. The highest BCUT2D eigenvalue weighted by Crippen LogP contribution is 2.17. The van der Waals surface area contributed by atoms with Gasteiger partial charge in [-0.25, -0.2) is 4.79 Å². The van der Waals surface area contributed by atoms with E-state index in [9.17, 15) is 4.79 Å². The standard InChI is InChI=1S/C8H14O2.C4H6/c1-6(7(9)10)5-8(2,3)4;1-3-4-2/h5H,1-4H3,(H,9,10);3-4H,1-2H2. The van der Waals surface area contributed by atoms with E-state index in [2.05, 4.69) is 13.2 Å². The minimum atomic E-state index is -0.838. The van der Waals surface area contributed by atoms with Gasteiger partial charge < -0.3 is 5.11 Å². The number of hydrogen-bond donors (Lipinski definition) is 1. The summed E-state index contributed by atoms with van der Waals surface area (Å²) in [7, 11) is 0. The van der Waals surface area contributed by atoms with Gasteiger partial charge in [-0.1, -0.05) is 52.2 Å². The second-order valence-corrected chi connectivity index (χ2v) is 3.97. The summed E-state index contributed by atoms with van der Waals surface area (Å²) in [6.07, 6.45) is 5.02. The first-order valence-electron chi connectivity index (χ1n) is 4.40. The lowest BCUT2D eigenvalue weighted by atomic mass is 9.94. The first kappa shape index (κ1) is 15.2. The van der Waals surface area contributed by atoms with Crippen LogP contribution in [0, 0.1) is 5.41 Å². The van der Waals surface area contributed by atoms with Crippen LogP contribution in [0.5, 0.6) is 0 Å². The van der Waals surface area contributed by atoms with Crippen LogP contribution in [0.2, 0.25) is 0 Å². The van der Waals surface area contributed by atoms with Gasteiger partial charge in [0.05, 0.1) is 0 Å². The van der Waals surface area contributed by atoms with Gasteiger partial charge in [-0.15, -0.1) is 0 Å². The normalized spacial score (nSPS) is 11.0. The molecule has 0 atom stereocenters. The molecule has 0 fully saturated rings. The SMILES string of the molecule is C=CC=C.CC(=CC(C)(C)C)C(=O)O. The zero-order valence-electron chi connectivity index (χ0n) is 9.50. The number of rotatable bonds is 2. The molecule has 1 N–H and O–H groups in total. The van der Waals surface area contributed by atoms with Gasteiger partial charge in [-0.3, -0.25) is 0 Å². The van der Waals surface area contributed by atoms with E-state index in [0.717, 1.165) is 0 Å². The van der Waals surface area contributed by atoms with Gasteiger partial charge in [-0.2, -0.15) is 0 Å². The molecule has 0 aromatic heterocycles. The van der Waals surface area contributed by atoms with Crippen LogP contribution in [0.1, 0.15) is 27.7 Å². The molecular weight excluding hydrogens is 176 g/mol. The van der Waals surface area contributed by atoms with Gasteiger partial charge in [0.15, 0.2) is 0 Å². The molecule has 0 amide bonds. The van der Waals surface area contributed by atoms with Crippen molar-refractivity contribution in [2.75, 3.05) is 0 Å². The van der Waals surface area contributed by atoms with E-state index in [1.807, 2.05) is 20.8 Å². The second kappa shape index (κ2) is 7.13. The third-order valence-electron chi connectivity index (χ3n) is 1.15. The van der Waals surface area contributed by atoms with E-state index < -0.39 is 5.97 Å². The largest absolute Gasteiger partial charge is 0.478 e. The molecule has 2 heteroatoms. The molecule has 0 aromatic carbocycles. The van der Waals surface area contributed by atoms with E-state index in [1.54, 1.807) is 25.2 Å². The molecule has 80 valence electrons. The number of carboxylic acids is 1. The van der Waals surface area contributed by atoms with Crippen LogP contribution in [0.25, 0.3) is 0 Å². The van der Waals surface area contributed by atoms with Crippen LogP contribution in [0.3, 0.4) is 0 Å². The Labute approximate surface area is 86.6 Å². The van der Waals surface area contributed by atoms with Crippen molar-refractivity contribution >= 4 is 5.97 Å². The maximum absolute atomic E-state index is 10.3. The topological polar surface area (TPSA) is 37.3 Å². The molecule has 0 heterocycles. The molecule has 0 aliphatic heterocycles. The summed E-state index contributed by atoms with van der Waals surface area (Å²) < 4.78 is 0. The molecule has 0 bridgehead atoms. The molecule has 0 radical (unpaired) electrons. The van der Waals surface area contributed by atoms with E-state index in [0.29, 0.717) is 5.57 Å². The first-order valence-corrected chi connectivity index (χ1v) is 4.40.